The molecule has 0 unspecified atom stereocenters. The lowest BCUT2D eigenvalue weighted by atomic mass is 10.1. The molecule has 1 fully saturated rings. The highest BCUT2D eigenvalue weighted by Crippen LogP contribution is 2.39. The van der Waals surface area contributed by atoms with Gasteiger partial charge in [0, 0.05) is 30.3 Å². The molecule has 212 valence electrons. The van der Waals surface area contributed by atoms with Crippen LogP contribution in [0, 0.1) is 6.92 Å². The van der Waals surface area contributed by atoms with Gasteiger partial charge in [0.25, 0.3) is 23.3 Å². The Morgan fingerprint density at radius 3 is 2.02 bits per heavy atom. The highest BCUT2D eigenvalue weighted by molar-refractivity contribution is 6.21. The first kappa shape index (κ1) is 27.8. The summed E-state index contributed by atoms with van der Waals surface area (Å²) in [5, 5.41) is 0. The fraction of sp³-hybridized carbons (Fsp3) is 0.333. The first-order valence-electron chi connectivity index (χ1n) is 13.2. The molecule has 3 heterocycles. The molecule has 2 aliphatic rings. The van der Waals surface area contributed by atoms with Gasteiger partial charge < -0.3 is 4.74 Å². The van der Waals surface area contributed by atoms with Gasteiger partial charge in [-0.05, 0) is 58.9 Å². The fourth-order valence-electron chi connectivity index (χ4n) is 5.47. The molecule has 2 atom stereocenters. The number of nitrogens with zero attached hydrogens (tertiary/aromatic N) is 4. The third-order valence-corrected chi connectivity index (χ3v) is 7.41. The standard InChI is InChI=1S/C30H30N4O7/c1-18-16-31(27(39)34(23(18)35)24(36)19-11-7-6-8-12-19)30(5)15-20(17-32(30)28(40)41-29(2,3)4)33-25(37)21-13-9-10-14-22(21)26(33)38/h6-14,16,20H,15,17H2,1-5H3/t20-,30+/m0/s1. The topological polar surface area (TPSA) is 128 Å². The molecule has 3 aromatic rings. The van der Waals surface area contributed by atoms with Crippen LogP contribution in [0.2, 0.25) is 0 Å². The molecule has 0 aliphatic carbocycles. The van der Waals surface area contributed by atoms with E-state index in [-0.39, 0.29) is 35.2 Å². The Morgan fingerprint density at radius 2 is 1.46 bits per heavy atom. The third kappa shape index (κ3) is 4.56. The van der Waals surface area contributed by atoms with Crippen molar-refractivity contribution >= 4 is 23.8 Å². The van der Waals surface area contributed by atoms with Crippen LogP contribution in [-0.4, -0.2) is 60.9 Å². The lowest BCUT2D eigenvalue weighted by Gasteiger charge is -2.37. The summed E-state index contributed by atoms with van der Waals surface area (Å²) >= 11 is 0. The van der Waals surface area contributed by atoms with Crippen LogP contribution in [0.4, 0.5) is 4.79 Å². The number of carbonyl (C=O) groups excluding carboxylic acids is 4. The quantitative estimate of drug-likeness (QED) is 0.452. The molecule has 0 bridgehead atoms. The Balaban J connectivity index is 1.64. The van der Waals surface area contributed by atoms with Gasteiger partial charge in [0.1, 0.15) is 11.3 Å². The minimum absolute atomic E-state index is 0.0468. The average molecular weight is 559 g/mol. The van der Waals surface area contributed by atoms with E-state index in [0.29, 0.717) is 4.57 Å². The largest absolute Gasteiger partial charge is 0.444 e. The van der Waals surface area contributed by atoms with Gasteiger partial charge >= 0.3 is 11.8 Å². The van der Waals surface area contributed by atoms with Gasteiger partial charge in [-0.1, -0.05) is 30.3 Å². The summed E-state index contributed by atoms with van der Waals surface area (Å²) in [5.74, 6) is -1.83. The predicted octanol–water partition coefficient (Wildman–Crippen LogP) is 2.99. The molecule has 11 nitrogen and oxygen atoms in total. The van der Waals surface area contributed by atoms with Crippen LogP contribution in [0.5, 0.6) is 0 Å². The van der Waals surface area contributed by atoms with E-state index in [1.807, 2.05) is 0 Å². The van der Waals surface area contributed by atoms with Crippen LogP contribution in [0.25, 0.3) is 0 Å². The average Bonchev–Trinajstić information content (AvgIpc) is 3.40. The molecular formula is C30H30N4O7. The van der Waals surface area contributed by atoms with Gasteiger partial charge in [0.15, 0.2) is 0 Å². The Labute approximate surface area is 235 Å². The molecule has 1 saturated heterocycles. The van der Waals surface area contributed by atoms with E-state index in [9.17, 15) is 28.8 Å². The number of likely N-dealkylation sites (tertiary alicyclic amines) is 1. The highest BCUT2D eigenvalue weighted by Gasteiger charge is 2.53. The van der Waals surface area contributed by atoms with Crippen molar-refractivity contribution < 1.29 is 23.9 Å². The Kier molecular flexibility index (Phi) is 6.56. The number of hydrogen-bond acceptors (Lipinski definition) is 7. The monoisotopic (exact) mass is 558 g/mol. The molecular weight excluding hydrogens is 528 g/mol. The number of hydrogen-bond donors (Lipinski definition) is 0. The predicted molar refractivity (Wildman–Crippen MR) is 148 cm³/mol. The number of aryl methyl sites for hydroxylation is 1. The molecule has 5 rings (SSSR count). The van der Waals surface area contributed by atoms with E-state index in [4.69, 9.17) is 4.74 Å². The van der Waals surface area contributed by atoms with Gasteiger partial charge in [-0.15, -0.1) is 0 Å². The summed E-state index contributed by atoms with van der Waals surface area (Å²) < 4.78 is 7.34. The zero-order chi connectivity index (χ0) is 29.9. The minimum atomic E-state index is -1.52. The number of benzene rings is 2. The second-order valence-electron chi connectivity index (χ2n) is 11.5. The summed E-state index contributed by atoms with van der Waals surface area (Å²) in [6.45, 7) is 7.98. The number of imide groups is 1. The first-order chi connectivity index (χ1) is 19.2. The van der Waals surface area contributed by atoms with Crippen LogP contribution in [0.1, 0.15) is 70.8 Å². The summed E-state index contributed by atoms with van der Waals surface area (Å²) in [6.07, 6.45) is 0.465. The number of amides is 3. The van der Waals surface area contributed by atoms with Gasteiger partial charge in [-0.2, -0.15) is 4.57 Å². The second-order valence-corrected chi connectivity index (χ2v) is 11.5. The Bertz CT molecular complexity index is 1680. The normalized spacial score (nSPS) is 20.4. The second kappa shape index (κ2) is 9.69. The third-order valence-electron chi connectivity index (χ3n) is 7.41. The highest BCUT2D eigenvalue weighted by atomic mass is 16.6. The van der Waals surface area contributed by atoms with Crippen molar-refractivity contribution in [3.8, 4) is 0 Å². The van der Waals surface area contributed by atoms with Crippen LogP contribution in [0.3, 0.4) is 0 Å². The number of ether oxygens (including phenoxy) is 1. The van der Waals surface area contributed by atoms with Crippen molar-refractivity contribution in [3.05, 3.63) is 104 Å². The zero-order valence-electron chi connectivity index (χ0n) is 23.4. The van der Waals surface area contributed by atoms with Gasteiger partial charge in [0.05, 0.1) is 17.2 Å². The van der Waals surface area contributed by atoms with E-state index in [1.54, 1.807) is 70.2 Å². The van der Waals surface area contributed by atoms with Gasteiger partial charge in [0.2, 0.25) is 0 Å². The van der Waals surface area contributed by atoms with Gasteiger partial charge in [-0.25, -0.2) is 9.59 Å². The van der Waals surface area contributed by atoms with Crippen LogP contribution < -0.4 is 11.2 Å². The number of fused-ring (bicyclic) bond motifs is 1. The molecule has 1 aromatic heterocycles. The molecule has 0 N–H and O–H groups in total. The zero-order valence-corrected chi connectivity index (χ0v) is 23.4. The molecule has 0 radical (unpaired) electrons. The maximum atomic E-state index is 13.9. The first-order valence-corrected chi connectivity index (χ1v) is 13.2. The molecule has 2 aromatic carbocycles. The lowest BCUT2D eigenvalue weighted by Crippen LogP contribution is -2.56. The van der Waals surface area contributed by atoms with Crippen molar-refractivity contribution in [1.29, 1.82) is 0 Å². The summed E-state index contributed by atoms with van der Waals surface area (Å²) in [7, 11) is 0. The molecule has 3 amide bonds. The summed E-state index contributed by atoms with van der Waals surface area (Å²) in [5.41, 5.74) is -3.44. The van der Waals surface area contributed by atoms with Crippen molar-refractivity contribution in [2.45, 2.75) is 58.3 Å². The molecule has 0 saturated carbocycles. The molecule has 0 spiro atoms. The SMILES string of the molecule is Cc1cn([C@@]2(C)C[C@H](N3C(=O)c4ccccc4C3=O)CN2C(=O)OC(C)(C)C)c(=O)n(C(=O)c2ccccc2)c1=O. The maximum Gasteiger partial charge on any atom is 0.412 e. The van der Waals surface area contributed by atoms with Crippen molar-refractivity contribution in [2.24, 2.45) is 0 Å². The minimum Gasteiger partial charge on any atom is -0.444 e. The summed E-state index contributed by atoms with van der Waals surface area (Å²) in [6, 6.07) is 13.5. The van der Waals surface area contributed by atoms with Crippen molar-refractivity contribution in [2.75, 3.05) is 6.54 Å². The Hall–Kier alpha value is -4.80. The smallest absolute Gasteiger partial charge is 0.412 e. The Morgan fingerprint density at radius 1 is 0.902 bits per heavy atom. The van der Waals surface area contributed by atoms with Crippen molar-refractivity contribution in [1.82, 2.24) is 18.9 Å². The lowest BCUT2D eigenvalue weighted by molar-refractivity contribution is -0.00668. The van der Waals surface area contributed by atoms with Gasteiger partial charge in [-0.3, -0.25) is 33.5 Å². The van der Waals surface area contributed by atoms with E-state index < -0.39 is 52.4 Å². The number of carbonyl (C=O) groups is 4. The number of rotatable bonds is 3. The maximum absolute atomic E-state index is 13.9. The van der Waals surface area contributed by atoms with E-state index in [1.165, 1.54) is 30.2 Å². The van der Waals surface area contributed by atoms with Crippen molar-refractivity contribution in [3.63, 3.8) is 0 Å². The fourth-order valence-corrected chi connectivity index (χ4v) is 5.47. The van der Waals surface area contributed by atoms with Crippen LogP contribution in [-0.2, 0) is 10.4 Å². The molecule has 11 heteroatoms. The van der Waals surface area contributed by atoms with Crippen LogP contribution in [0.15, 0.2) is 70.4 Å². The van der Waals surface area contributed by atoms with E-state index in [2.05, 4.69) is 0 Å². The van der Waals surface area contributed by atoms with Crippen LogP contribution >= 0.6 is 0 Å². The number of aromatic nitrogens is 2. The molecule has 2 aliphatic heterocycles. The molecule has 41 heavy (non-hydrogen) atoms. The van der Waals surface area contributed by atoms with E-state index >= 15 is 0 Å². The van der Waals surface area contributed by atoms with E-state index in [0.717, 1.165) is 9.47 Å². The summed E-state index contributed by atoms with van der Waals surface area (Å²) in [4.78, 5) is 82.9.